The molecule has 0 saturated carbocycles. The molecule has 2 aromatic carbocycles. The van der Waals surface area contributed by atoms with Gasteiger partial charge in [0.25, 0.3) is 0 Å². The summed E-state index contributed by atoms with van der Waals surface area (Å²) in [6.45, 7) is 2.14. The van der Waals surface area contributed by atoms with E-state index in [9.17, 15) is 9.59 Å². The summed E-state index contributed by atoms with van der Waals surface area (Å²) in [6, 6.07) is 13.9. The highest BCUT2D eigenvalue weighted by molar-refractivity contribution is 6.30. The molecule has 0 aromatic heterocycles. The summed E-state index contributed by atoms with van der Waals surface area (Å²) >= 11 is 5.85. The Bertz CT molecular complexity index is 684. The van der Waals surface area contributed by atoms with E-state index in [4.69, 9.17) is 17.3 Å². The molecule has 2 aromatic rings. The third-order valence-corrected chi connectivity index (χ3v) is 3.64. The largest absolute Gasteiger partial charge is 0.366 e. The number of rotatable bonds is 6. The van der Waals surface area contributed by atoms with Crippen LogP contribution in [0.5, 0.6) is 0 Å². The number of primary amides is 1. The lowest BCUT2D eigenvalue weighted by molar-refractivity contribution is -0.115. The van der Waals surface area contributed by atoms with E-state index in [-0.39, 0.29) is 18.5 Å². The lowest BCUT2D eigenvalue weighted by Gasteiger charge is -2.14. The highest BCUT2D eigenvalue weighted by Crippen LogP contribution is 2.16. The van der Waals surface area contributed by atoms with Crippen LogP contribution in [-0.4, -0.2) is 18.4 Å². The second-order valence-corrected chi connectivity index (χ2v) is 5.58. The third kappa shape index (κ3) is 5.09. The van der Waals surface area contributed by atoms with Crippen molar-refractivity contribution in [1.29, 1.82) is 0 Å². The topological polar surface area (TPSA) is 84.2 Å². The number of nitrogens with one attached hydrogen (secondary N) is 2. The zero-order valence-corrected chi connectivity index (χ0v) is 13.4. The van der Waals surface area contributed by atoms with Crippen molar-refractivity contribution in [3.63, 3.8) is 0 Å². The monoisotopic (exact) mass is 331 g/mol. The number of anilines is 1. The third-order valence-electron chi connectivity index (χ3n) is 3.39. The van der Waals surface area contributed by atoms with E-state index in [0.29, 0.717) is 16.3 Å². The van der Waals surface area contributed by atoms with Crippen molar-refractivity contribution >= 4 is 29.1 Å². The van der Waals surface area contributed by atoms with Crippen molar-refractivity contribution in [2.24, 2.45) is 5.73 Å². The van der Waals surface area contributed by atoms with Crippen LogP contribution in [0.2, 0.25) is 5.02 Å². The maximum atomic E-state index is 11.9. The van der Waals surface area contributed by atoms with Gasteiger partial charge in [-0.2, -0.15) is 0 Å². The van der Waals surface area contributed by atoms with E-state index in [0.717, 1.165) is 5.56 Å². The summed E-state index contributed by atoms with van der Waals surface area (Å²) in [6.07, 6.45) is 0. The first-order valence-corrected chi connectivity index (χ1v) is 7.52. The molecule has 0 heterocycles. The van der Waals surface area contributed by atoms with Crippen LogP contribution >= 0.6 is 11.6 Å². The van der Waals surface area contributed by atoms with Crippen LogP contribution < -0.4 is 16.4 Å². The van der Waals surface area contributed by atoms with E-state index in [1.54, 1.807) is 24.3 Å². The molecule has 0 bridgehead atoms. The molecule has 1 atom stereocenters. The predicted molar refractivity (Wildman–Crippen MR) is 91.5 cm³/mol. The molecule has 0 unspecified atom stereocenters. The van der Waals surface area contributed by atoms with Gasteiger partial charge in [0.2, 0.25) is 11.8 Å². The van der Waals surface area contributed by atoms with Crippen molar-refractivity contribution in [3.8, 4) is 0 Å². The molecule has 0 aliphatic heterocycles. The number of amides is 2. The summed E-state index contributed by atoms with van der Waals surface area (Å²) in [7, 11) is 0. The maximum Gasteiger partial charge on any atom is 0.248 e. The van der Waals surface area contributed by atoms with Crippen LogP contribution in [0.15, 0.2) is 48.5 Å². The van der Waals surface area contributed by atoms with Crippen LogP contribution in [0.3, 0.4) is 0 Å². The Kier molecular flexibility index (Phi) is 5.73. The first-order chi connectivity index (χ1) is 11.0. The zero-order valence-electron chi connectivity index (χ0n) is 12.7. The molecule has 120 valence electrons. The summed E-state index contributed by atoms with van der Waals surface area (Å²) in [5.41, 5.74) is 7.23. The number of hydrogen-bond donors (Lipinski definition) is 3. The van der Waals surface area contributed by atoms with E-state index >= 15 is 0 Å². The van der Waals surface area contributed by atoms with Gasteiger partial charge in [0.05, 0.1) is 6.54 Å². The molecule has 0 spiro atoms. The fourth-order valence-corrected chi connectivity index (χ4v) is 2.16. The first-order valence-electron chi connectivity index (χ1n) is 7.14. The normalized spacial score (nSPS) is 11.7. The van der Waals surface area contributed by atoms with Gasteiger partial charge < -0.3 is 16.4 Å². The van der Waals surface area contributed by atoms with Gasteiger partial charge in [-0.05, 0) is 48.9 Å². The molecular formula is C17H18ClN3O2. The SMILES string of the molecule is C[C@H](NCC(=O)Nc1ccc(C(N)=O)cc1)c1ccc(Cl)cc1. The summed E-state index contributed by atoms with van der Waals surface area (Å²) in [5, 5.41) is 6.57. The molecule has 23 heavy (non-hydrogen) atoms. The summed E-state index contributed by atoms with van der Waals surface area (Å²) in [4.78, 5) is 22.9. The summed E-state index contributed by atoms with van der Waals surface area (Å²) < 4.78 is 0. The van der Waals surface area contributed by atoms with Gasteiger partial charge in [-0.25, -0.2) is 0 Å². The molecule has 5 nitrogen and oxygen atoms in total. The van der Waals surface area contributed by atoms with Crippen LogP contribution in [0.1, 0.15) is 28.9 Å². The summed E-state index contributed by atoms with van der Waals surface area (Å²) in [5.74, 6) is -0.668. The molecule has 6 heteroatoms. The second kappa shape index (κ2) is 7.76. The Morgan fingerprint density at radius 3 is 2.26 bits per heavy atom. The van der Waals surface area contributed by atoms with E-state index in [2.05, 4.69) is 10.6 Å². The molecule has 0 aliphatic carbocycles. The molecular weight excluding hydrogens is 314 g/mol. The van der Waals surface area contributed by atoms with Crippen molar-refractivity contribution in [2.75, 3.05) is 11.9 Å². The Morgan fingerprint density at radius 1 is 1.09 bits per heavy atom. The Balaban J connectivity index is 1.84. The number of carbonyl (C=O) groups excluding carboxylic acids is 2. The Labute approximate surface area is 139 Å². The van der Waals surface area contributed by atoms with Gasteiger partial charge in [-0.15, -0.1) is 0 Å². The number of benzene rings is 2. The smallest absolute Gasteiger partial charge is 0.248 e. The average Bonchev–Trinajstić information content (AvgIpc) is 2.54. The molecule has 0 aliphatic rings. The highest BCUT2D eigenvalue weighted by Gasteiger charge is 2.08. The molecule has 0 fully saturated rings. The van der Waals surface area contributed by atoms with Gasteiger partial charge in [0, 0.05) is 22.3 Å². The number of halogens is 1. The van der Waals surface area contributed by atoms with Crippen molar-refractivity contribution in [3.05, 3.63) is 64.7 Å². The maximum absolute atomic E-state index is 11.9. The number of hydrogen-bond acceptors (Lipinski definition) is 3. The molecule has 0 radical (unpaired) electrons. The Hall–Kier alpha value is -2.37. The molecule has 2 rings (SSSR count). The minimum Gasteiger partial charge on any atom is -0.366 e. The van der Waals surface area contributed by atoms with E-state index in [1.807, 2.05) is 31.2 Å². The zero-order chi connectivity index (χ0) is 16.8. The predicted octanol–water partition coefficient (Wildman–Crippen LogP) is 2.73. The molecule has 0 saturated heterocycles. The van der Waals surface area contributed by atoms with Gasteiger partial charge in [-0.3, -0.25) is 9.59 Å². The van der Waals surface area contributed by atoms with Crippen molar-refractivity contribution in [1.82, 2.24) is 5.32 Å². The minimum atomic E-state index is -0.499. The second-order valence-electron chi connectivity index (χ2n) is 5.14. The standard InChI is InChI=1S/C17H18ClN3O2/c1-11(12-2-6-14(18)7-3-12)20-10-16(22)21-15-8-4-13(5-9-15)17(19)23/h2-9,11,20H,10H2,1H3,(H2,19,23)(H,21,22)/t11-/m0/s1. The quantitative estimate of drug-likeness (QED) is 0.761. The average molecular weight is 332 g/mol. The fourth-order valence-electron chi connectivity index (χ4n) is 2.04. The first kappa shape index (κ1) is 17.0. The minimum absolute atomic E-state index is 0.0234. The van der Waals surface area contributed by atoms with Crippen LogP contribution in [-0.2, 0) is 4.79 Å². The van der Waals surface area contributed by atoms with Gasteiger partial charge >= 0.3 is 0 Å². The van der Waals surface area contributed by atoms with Crippen molar-refractivity contribution < 1.29 is 9.59 Å². The van der Waals surface area contributed by atoms with Crippen LogP contribution in [0.4, 0.5) is 5.69 Å². The lowest BCUT2D eigenvalue weighted by atomic mass is 10.1. The van der Waals surface area contributed by atoms with Gasteiger partial charge in [-0.1, -0.05) is 23.7 Å². The fraction of sp³-hybridized carbons (Fsp3) is 0.176. The number of carbonyl (C=O) groups is 2. The Morgan fingerprint density at radius 2 is 1.70 bits per heavy atom. The molecule has 2 amide bonds. The van der Waals surface area contributed by atoms with E-state index < -0.39 is 5.91 Å². The van der Waals surface area contributed by atoms with Crippen LogP contribution in [0.25, 0.3) is 0 Å². The van der Waals surface area contributed by atoms with E-state index in [1.165, 1.54) is 0 Å². The van der Waals surface area contributed by atoms with Crippen LogP contribution in [0, 0.1) is 0 Å². The highest BCUT2D eigenvalue weighted by atomic mass is 35.5. The van der Waals surface area contributed by atoms with Gasteiger partial charge in [0.15, 0.2) is 0 Å². The van der Waals surface area contributed by atoms with Gasteiger partial charge in [0.1, 0.15) is 0 Å². The van der Waals surface area contributed by atoms with Crippen molar-refractivity contribution in [2.45, 2.75) is 13.0 Å². The molecule has 4 N–H and O–H groups in total. The lowest BCUT2D eigenvalue weighted by Crippen LogP contribution is -2.30. The number of nitrogens with two attached hydrogens (primary N) is 1.